The first-order valence-electron chi connectivity index (χ1n) is 6.55. The molecule has 0 aromatic heterocycles. The van der Waals surface area contributed by atoms with E-state index in [1.165, 1.54) is 4.90 Å². The van der Waals surface area contributed by atoms with Crippen molar-refractivity contribution in [2.24, 2.45) is 0 Å². The first-order chi connectivity index (χ1) is 8.89. The van der Waals surface area contributed by atoms with E-state index in [0.717, 1.165) is 5.56 Å². The molecule has 0 bridgehead atoms. The van der Waals surface area contributed by atoms with Crippen molar-refractivity contribution >= 4 is 6.09 Å². The lowest BCUT2D eigenvalue weighted by atomic mass is 9.96. The second-order valence-electron chi connectivity index (χ2n) is 5.94. The monoisotopic (exact) mass is 262 g/mol. The Morgan fingerprint density at radius 1 is 1.42 bits per heavy atom. The molecule has 1 amide bonds. The van der Waals surface area contributed by atoms with Crippen LogP contribution in [0.4, 0.5) is 4.79 Å². The van der Waals surface area contributed by atoms with Gasteiger partial charge in [0.25, 0.3) is 0 Å². The van der Waals surface area contributed by atoms with Gasteiger partial charge in [0.15, 0.2) is 0 Å². The second kappa shape index (κ2) is 5.21. The molecule has 0 spiro atoms. The maximum atomic E-state index is 11.5. The number of carboxylic acid groups (broad SMARTS) is 1. The summed E-state index contributed by atoms with van der Waals surface area (Å²) in [5.41, 5.74) is 0.614. The summed E-state index contributed by atoms with van der Waals surface area (Å²) in [6.07, 6.45) is -0.502. The topological polar surface area (TPSA) is 55.9 Å². The van der Waals surface area contributed by atoms with Crippen LogP contribution in [-0.2, 0) is 11.2 Å². The van der Waals surface area contributed by atoms with Gasteiger partial charge in [0.05, 0.1) is 12.6 Å². The number of hydrogen-bond donors (Lipinski definition) is 0. The van der Waals surface area contributed by atoms with E-state index in [-0.39, 0.29) is 12.1 Å². The molecule has 1 aromatic rings. The number of ether oxygens (including phenoxy) is 1. The fraction of sp³-hybridized carbons (Fsp3) is 0.533. The molecule has 1 aliphatic rings. The third kappa shape index (κ3) is 3.47. The Bertz CT molecular complexity index is 434. The summed E-state index contributed by atoms with van der Waals surface area (Å²) in [6, 6.07) is 9.69. The minimum Gasteiger partial charge on any atom is -0.530 e. The van der Waals surface area contributed by atoms with Gasteiger partial charge in [0.1, 0.15) is 12.2 Å². The average Bonchev–Trinajstić information content (AvgIpc) is 3.10. The molecular formula is C15H20NO3-. The fourth-order valence-corrected chi connectivity index (χ4v) is 2.43. The molecule has 0 unspecified atom stereocenters. The smallest absolute Gasteiger partial charge is 0.137 e. The van der Waals surface area contributed by atoms with Gasteiger partial charge in [0, 0.05) is 5.54 Å². The van der Waals surface area contributed by atoms with Gasteiger partial charge in [-0.3, -0.25) is 0 Å². The number of epoxide rings is 1. The quantitative estimate of drug-likeness (QED) is 0.771. The molecule has 1 fully saturated rings. The van der Waals surface area contributed by atoms with Crippen LogP contribution in [0.15, 0.2) is 30.3 Å². The van der Waals surface area contributed by atoms with Gasteiger partial charge >= 0.3 is 0 Å². The van der Waals surface area contributed by atoms with Crippen molar-refractivity contribution in [3.8, 4) is 0 Å². The van der Waals surface area contributed by atoms with Gasteiger partial charge < -0.3 is 19.5 Å². The van der Waals surface area contributed by atoms with Crippen molar-refractivity contribution in [2.75, 3.05) is 6.61 Å². The van der Waals surface area contributed by atoms with Crippen molar-refractivity contribution in [1.29, 1.82) is 0 Å². The number of carbonyl (C=O) groups is 1. The van der Waals surface area contributed by atoms with Crippen LogP contribution in [0.25, 0.3) is 0 Å². The molecular weight excluding hydrogens is 242 g/mol. The van der Waals surface area contributed by atoms with Gasteiger partial charge in [-0.2, -0.15) is 0 Å². The van der Waals surface area contributed by atoms with Crippen LogP contribution >= 0.6 is 0 Å². The largest absolute Gasteiger partial charge is 0.530 e. The predicted octanol–water partition coefficient (Wildman–Crippen LogP) is 1.44. The lowest BCUT2D eigenvalue weighted by Crippen LogP contribution is -2.58. The average molecular weight is 262 g/mol. The molecule has 4 nitrogen and oxygen atoms in total. The molecule has 1 saturated heterocycles. The Morgan fingerprint density at radius 3 is 2.42 bits per heavy atom. The maximum absolute atomic E-state index is 11.5. The Balaban J connectivity index is 2.21. The highest BCUT2D eigenvalue weighted by molar-refractivity contribution is 5.64. The third-order valence-corrected chi connectivity index (χ3v) is 3.33. The van der Waals surface area contributed by atoms with Crippen LogP contribution in [-0.4, -0.2) is 35.3 Å². The van der Waals surface area contributed by atoms with E-state index in [1.54, 1.807) is 0 Å². The molecule has 1 aromatic carbocycles. The van der Waals surface area contributed by atoms with Crippen LogP contribution in [0.1, 0.15) is 26.3 Å². The first-order valence-corrected chi connectivity index (χ1v) is 6.55. The maximum Gasteiger partial charge on any atom is 0.137 e. The van der Waals surface area contributed by atoms with Crippen molar-refractivity contribution in [3.05, 3.63) is 35.9 Å². The van der Waals surface area contributed by atoms with E-state index in [9.17, 15) is 9.90 Å². The Kier molecular flexibility index (Phi) is 3.80. The van der Waals surface area contributed by atoms with Crippen molar-refractivity contribution in [2.45, 2.75) is 44.9 Å². The summed E-state index contributed by atoms with van der Waals surface area (Å²) >= 11 is 0. The number of rotatable bonds is 4. The van der Waals surface area contributed by atoms with E-state index in [2.05, 4.69) is 0 Å². The fourth-order valence-electron chi connectivity index (χ4n) is 2.43. The zero-order valence-electron chi connectivity index (χ0n) is 11.6. The lowest BCUT2D eigenvalue weighted by Gasteiger charge is -2.43. The van der Waals surface area contributed by atoms with Gasteiger partial charge in [-0.25, -0.2) is 0 Å². The van der Waals surface area contributed by atoms with Crippen LogP contribution < -0.4 is 5.11 Å². The Hall–Kier alpha value is -1.55. The molecule has 2 atom stereocenters. The molecule has 4 heteroatoms. The molecule has 0 radical (unpaired) electrons. The Labute approximate surface area is 114 Å². The van der Waals surface area contributed by atoms with E-state index in [4.69, 9.17) is 4.74 Å². The molecule has 19 heavy (non-hydrogen) atoms. The number of nitrogens with zero attached hydrogens (tertiary/aromatic N) is 1. The Morgan fingerprint density at radius 2 is 2.00 bits per heavy atom. The third-order valence-electron chi connectivity index (χ3n) is 3.33. The summed E-state index contributed by atoms with van der Waals surface area (Å²) in [5, 5.41) is 11.5. The number of hydrogen-bond acceptors (Lipinski definition) is 3. The molecule has 2 rings (SSSR count). The zero-order chi connectivity index (χ0) is 14.0. The zero-order valence-corrected chi connectivity index (χ0v) is 11.6. The van der Waals surface area contributed by atoms with E-state index in [1.807, 2.05) is 51.1 Å². The van der Waals surface area contributed by atoms with E-state index >= 15 is 0 Å². The highest BCUT2D eigenvalue weighted by Crippen LogP contribution is 2.28. The highest BCUT2D eigenvalue weighted by Gasteiger charge is 2.40. The van der Waals surface area contributed by atoms with Gasteiger partial charge in [-0.1, -0.05) is 30.3 Å². The van der Waals surface area contributed by atoms with Gasteiger partial charge in [0.2, 0.25) is 0 Å². The summed E-state index contributed by atoms with van der Waals surface area (Å²) < 4.78 is 5.34. The standard InChI is InChI=1S/C15H21NO3/c1-15(2,3)16(14(17)18)12(13-10-19-13)9-11-7-5-4-6-8-11/h4-8,12-13H,9-10H2,1-3H3,(H,17,18)/p-1/t12-,13-/m0/s1. The molecule has 0 saturated carbocycles. The minimum absolute atomic E-state index is 0.0164. The SMILES string of the molecule is CC(C)(C)N(C(=O)[O-])[C@@H](Cc1ccccc1)[C@@H]1CO1. The first kappa shape index (κ1) is 13.9. The second-order valence-corrected chi connectivity index (χ2v) is 5.94. The molecule has 104 valence electrons. The van der Waals surface area contributed by atoms with Crippen molar-refractivity contribution in [1.82, 2.24) is 4.90 Å². The molecule has 1 aliphatic heterocycles. The predicted molar refractivity (Wildman–Crippen MR) is 70.7 cm³/mol. The summed E-state index contributed by atoms with van der Waals surface area (Å²) in [5.74, 6) is 0. The van der Waals surface area contributed by atoms with E-state index in [0.29, 0.717) is 13.0 Å². The molecule has 0 N–H and O–H groups in total. The number of amides is 1. The number of carbonyl (C=O) groups excluding carboxylic acids is 1. The minimum atomic E-state index is -1.14. The van der Waals surface area contributed by atoms with Gasteiger partial charge in [-0.05, 0) is 32.8 Å². The summed E-state index contributed by atoms with van der Waals surface area (Å²) in [4.78, 5) is 12.9. The van der Waals surface area contributed by atoms with Crippen LogP contribution in [0, 0.1) is 0 Å². The molecule has 0 aliphatic carbocycles. The van der Waals surface area contributed by atoms with Crippen LogP contribution in [0.2, 0.25) is 0 Å². The number of benzene rings is 1. The van der Waals surface area contributed by atoms with Gasteiger partial charge in [-0.15, -0.1) is 0 Å². The highest BCUT2D eigenvalue weighted by atomic mass is 16.6. The summed E-state index contributed by atoms with van der Waals surface area (Å²) in [7, 11) is 0. The van der Waals surface area contributed by atoms with Crippen LogP contribution in [0.3, 0.4) is 0 Å². The van der Waals surface area contributed by atoms with Crippen LogP contribution in [0.5, 0.6) is 0 Å². The van der Waals surface area contributed by atoms with Crippen molar-refractivity contribution in [3.63, 3.8) is 0 Å². The summed E-state index contributed by atoms with van der Waals surface area (Å²) in [6.45, 7) is 6.26. The van der Waals surface area contributed by atoms with Crippen molar-refractivity contribution < 1.29 is 14.6 Å². The lowest BCUT2D eigenvalue weighted by molar-refractivity contribution is -0.274. The molecule has 1 heterocycles. The normalized spacial score (nSPS) is 19.8. The van der Waals surface area contributed by atoms with E-state index < -0.39 is 11.6 Å².